The maximum absolute atomic E-state index is 10.00. The molecule has 1 saturated heterocycles. The first kappa shape index (κ1) is 21.6. The van der Waals surface area contributed by atoms with Gasteiger partial charge in [-0.2, -0.15) is 0 Å². The van der Waals surface area contributed by atoms with E-state index in [1.807, 2.05) is 0 Å². The lowest BCUT2D eigenvalue weighted by atomic mass is 10.1. The number of rotatable bonds is 14. The first-order chi connectivity index (χ1) is 11.7. The molecule has 1 aliphatic rings. The van der Waals surface area contributed by atoms with Crippen LogP contribution in [0.25, 0.3) is 0 Å². The molecular weight excluding hydrogens is 308 g/mol. The van der Waals surface area contributed by atoms with Crippen LogP contribution in [0, 0.1) is 0 Å². The third-order valence-corrected chi connectivity index (χ3v) is 4.47. The lowest BCUT2D eigenvalue weighted by Crippen LogP contribution is -2.41. The van der Waals surface area contributed by atoms with Crippen molar-refractivity contribution in [1.29, 1.82) is 0 Å². The Labute approximate surface area is 146 Å². The zero-order valence-corrected chi connectivity index (χ0v) is 15.1. The van der Waals surface area contributed by atoms with Crippen molar-refractivity contribution in [3.63, 3.8) is 0 Å². The highest BCUT2D eigenvalue weighted by Gasteiger charge is 2.40. The summed E-state index contributed by atoms with van der Waals surface area (Å²) in [4.78, 5) is 0. The molecule has 0 aliphatic carbocycles. The summed E-state index contributed by atoms with van der Waals surface area (Å²) in [5.41, 5.74) is 0. The fraction of sp³-hybridized carbons (Fsp3) is 0.895. The summed E-state index contributed by atoms with van der Waals surface area (Å²) in [5.74, 6) is 0. The zero-order chi connectivity index (χ0) is 17.6. The Morgan fingerprint density at radius 1 is 1.08 bits per heavy atom. The van der Waals surface area contributed by atoms with Gasteiger partial charge in [0, 0.05) is 6.61 Å². The van der Waals surface area contributed by atoms with Gasteiger partial charge in [0.25, 0.3) is 0 Å². The molecule has 0 saturated carbocycles. The van der Waals surface area contributed by atoms with Gasteiger partial charge in [-0.1, -0.05) is 51.2 Å². The molecule has 5 heteroatoms. The summed E-state index contributed by atoms with van der Waals surface area (Å²) < 4.78 is 10.9. The maximum atomic E-state index is 10.00. The zero-order valence-electron chi connectivity index (χ0n) is 15.1. The second kappa shape index (κ2) is 13.8. The number of hydrogen-bond acceptors (Lipinski definition) is 5. The summed E-state index contributed by atoms with van der Waals surface area (Å²) in [7, 11) is 0. The number of aliphatic hydroxyl groups is 3. The van der Waals surface area contributed by atoms with Crippen molar-refractivity contribution < 1.29 is 24.8 Å². The summed E-state index contributed by atoms with van der Waals surface area (Å²) >= 11 is 0. The molecule has 1 heterocycles. The average molecular weight is 344 g/mol. The smallest absolute Gasteiger partial charge is 0.114 e. The molecule has 0 bridgehead atoms. The molecule has 1 rings (SSSR count). The molecule has 24 heavy (non-hydrogen) atoms. The third kappa shape index (κ3) is 8.58. The molecule has 4 atom stereocenters. The molecule has 1 aliphatic heterocycles. The summed E-state index contributed by atoms with van der Waals surface area (Å²) in [6.07, 6.45) is 12.3. The lowest BCUT2D eigenvalue weighted by Gasteiger charge is -2.20. The van der Waals surface area contributed by atoms with Crippen LogP contribution in [0.4, 0.5) is 0 Å². The fourth-order valence-electron chi connectivity index (χ4n) is 2.89. The topological polar surface area (TPSA) is 79.2 Å². The molecule has 3 N–H and O–H groups in total. The SMILES string of the molecule is CCCC/C=C/CCCCCCCO[C@@H]1CO[C@@H]([C@@H](O)CO)[C@H]1O. The van der Waals surface area contributed by atoms with Gasteiger partial charge in [0.05, 0.1) is 13.2 Å². The average Bonchev–Trinajstić information content (AvgIpc) is 2.96. The molecule has 5 nitrogen and oxygen atoms in total. The quantitative estimate of drug-likeness (QED) is 0.333. The van der Waals surface area contributed by atoms with E-state index in [4.69, 9.17) is 14.6 Å². The van der Waals surface area contributed by atoms with Crippen LogP contribution in [0.3, 0.4) is 0 Å². The van der Waals surface area contributed by atoms with E-state index >= 15 is 0 Å². The van der Waals surface area contributed by atoms with Crippen molar-refractivity contribution >= 4 is 0 Å². The number of unbranched alkanes of at least 4 members (excludes halogenated alkanes) is 7. The van der Waals surface area contributed by atoms with Crippen molar-refractivity contribution in [3.8, 4) is 0 Å². The molecule has 0 aromatic carbocycles. The highest BCUT2D eigenvalue weighted by atomic mass is 16.6. The van der Waals surface area contributed by atoms with E-state index in [2.05, 4.69) is 19.1 Å². The Balaban J connectivity index is 1.93. The molecule has 0 spiro atoms. The lowest BCUT2D eigenvalue weighted by molar-refractivity contribution is -0.0730. The van der Waals surface area contributed by atoms with Gasteiger partial charge in [0.2, 0.25) is 0 Å². The molecule has 142 valence electrons. The predicted molar refractivity (Wildman–Crippen MR) is 94.9 cm³/mol. The Morgan fingerprint density at radius 3 is 2.46 bits per heavy atom. The van der Waals surface area contributed by atoms with E-state index < -0.39 is 31.0 Å². The van der Waals surface area contributed by atoms with Crippen molar-refractivity contribution in [2.24, 2.45) is 0 Å². The van der Waals surface area contributed by atoms with E-state index in [0.717, 1.165) is 12.8 Å². The van der Waals surface area contributed by atoms with Crippen molar-refractivity contribution in [1.82, 2.24) is 0 Å². The number of allylic oxidation sites excluding steroid dienone is 2. The highest BCUT2D eigenvalue weighted by molar-refractivity contribution is 4.88. The monoisotopic (exact) mass is 344 g/mol. The van der Waals surface area contributed by atoms with Gasteiger partial charge >= 0.3 is 0 Å². The first-order valence-corrected chi connectivity index (χ1v) is 9.55. The van der Waals surface area contributed by atoms with Gasteiger partial charge in [0.1, 0.15) is 24.4 Å². The van der Waals surface area contributed by atoms with Gasteiger partial charge < -0.3 is 24.8 Å². The van der Waals surface area contributed by atoms with E-state index in [1.165, 1.54) is 44.9 Å². The summed E-state index contributed by atoms with van der Waals surface area (Å²) in [6.45, 7) is 2.67. The van der Waals surface area contributed by atoms with Crippen molar-refractivity contribution in [2.75, 3.05) is 19.8 Å². The molecule has 0 aromatic heterocycles. The van der Waals surface area contributed by atoms with Crippen molar-refractivity contribution in [2.45, 2.75) is 89.1 Å². The maximum Gasteiger partial charge on any atom is 0.114 e. The van der Waals surface area contributed by atoms with E-state index in [1.54, 1.807) is 0 Å². The second-order valence-electron chi connectivity index (χ2n) is 6.62. The molecule has 0 amide bonds. The van der Waals surface area contributed by atoms with Crippen LogP contribution < -0.4 is 0 Å². The van der Waals surface area contributed by atoms with Crippen LogP contribution in [0.2, 0.25) is 0 Å². The summed E-state index contributed by atoms with van der Waals surface area (Å²) in [6, 6.07) is 0. The predicted octanol–water partition coefficient (Wildman–Crippen LogP) is 2.57. The van der Waals surface area contributed by atoms with E-state index in [9.17, 15) is 10.2 Å². The van der Waals surface area contributed by atoms with Gasteiger partial charge in [-0.15, -0.1) is 0 Å². The largest absolute Gasteiger partial charge is 0.394 e. The molecular formula is C19H36O5. The molecule has 0 aromatic rings. The van der Waals surface area contributed by atoms with E-state index in [-0.39, 0.29) is 6.61 Å². The molecule has 0 unspecified atom stereocenters. The fourth-order valence-corrected chi connectivity index (χ4v) is 2.89. The number of ether oxygens (including phenoxy) is 2. The van der Waals surface area contributed by atoms with Gasteiger partial charge in [0.15, 0.2) is 0 Å². The third-order valence-electron chi connectivity index (χ3n) is 4.47. The molecule has 1 fully saturated rings. The standard InChI is InChI=1S/C19H36O5/c1-2-3-4-5-6-7-8-9-10-11-12-13-23-17-15-24-19(18(17)22)16(21)14-20/h5-6,16-22H,2-4,7-15H2,1H3/b6-5+/t16-,17+,18-,19-/m0/s1. The number of aliphatic hydroxyl groups excluding tert-OH is 3. The normalized spacial score (nSPS) is 25.6. The van der Waals surface area contributed by atoms with Crippen LogP contribution in [0.5, 0.6) is 0 Å². The number of hydrogen-bond donors (Lipinski definition) is 3. The minimum absolute atomic E-state index is 0.271. The Morgan fingerprint density at radius 2 is 1.75 bits per heavy atom. The minimum atomic E-state index is -1.05. The minimum Gasteiger partial charge on any atom is -0.394 e. The van der Waals surface area contributed by atoms with E-state index in [0.29, 0.717) is 6.61 Å². The van der Waals surface area contributed by atoms with Crippen LogP contribution in [0.1, 0.15) is 64.7 Å². The van der Waals surface area contributed by atoms with Crippen molar-refractivity contribution in [3.05, 3.63) is 12.2 Å². The van der Waals surface area contributed by atoms with Gasteiger partial charge in [-0.25, -0.2) is 0 Å². The van der Waals surface area contributed by atoms with Crippen LogP contribution in [0.15, 0.2) is 12.2 Å². The van der Waals surface area contributed by atoms with Gasteiger partial charge in [-0.3, -0.25) is 0 Å². The van der Waals surface area contributed by atoms with Gasteiger partial charge in [-0.05, 0) is 25.7 Å². The second-order valence-corrected chi connectivity index (χ2v) is 6.62. The van der Waals surface area contributed by atoms with Crippen LogP contribution >= 0.6 is 0 Å². The Hall–Kier alpha value is -0.460. The van der Waals surface area contributed by atoms with Crippen LogP contribution in [-0.4, -0.2) is 59.6 Å². The Kier molecular flexibility index (Phi) is 12.4. The molecule has 0 radical (unpaired) electrons. The van der Waals surface area contributed by atoms with Crippen LogP contribution in [-0.2, 0) is 9.47 Å². The highest BCUT2D eigenvalue weighted by Crippen LogP contribution is 2.20. The Bertz CT molecular complexity index is 321. The summed E-state index contributed by atoms with van der Waals surface area (Å²) in [5, 5.41) is 28.4. The first-order valence-electron chi connectivity index (χ1n) is 9.55.